The molecule has 0 bridgehead atoms. The van der Waals surface area contributed by atoms with Crippen molar-refractivity contribution >= 4 is 23.8 Å². The van der Waals surface area contributed by atoms with Crippen molar-refractivity contribution in [3.8, 4) is 17.2 Å². The van der Waals surface area contributed by atoms with Gasteiger partial charge < -0.3 is 14.9 Å². The van der Waals surface area contributed by atoms with Crippen LogP contribution in [-0.2, 0) is 6.61 Å². The summed E-state index contributed by atoms with van der Waals surface area (Å²) >= 11 is 6.23. The van der Waals surface area contributed by atoms with Gasteiger partial charge in [-0.15, -0.1) is 0 Å². The van der Waals surface area contributed by atoms with E-state index in [0.29, 0.717) is 28.4 Å². The van der Waals surface area contributed by atoms with Gasteiger partial charge in [-0.2, -0.15) is 5.10 Å². The minimum Gasteiger partial charge on any atom is -0.487 e. The van der Waals surface area contributed by atoms with E-state index in [9.17, 15) is 0 Å². The average Bonchev–Trinajstić information content (AvgIpc) is 3.26. The molecule has 0 unspecified atom stereocenters. The van der Waals surface area contributed by atoms with E-state index in [1.165, 1.54) is 4.68 Å². The van der Waals surface area contributed by atoms with Gasteiger partial charge in [0, 0.05) is 0 Å². The van der Waals surface area contributed by atoms with E-state index >= 15 is 0 Å². The number of nitrogens with two attached hydrogens (primary N) is 1. The van der Waals surface area contributed by atoms with Crippen LogP contribution in [0.5, 0.6) is 5.75 Å². The number of hydrogen-bond donors (Lipinski definition) is 1. The summed E-state index contributed by atoms with van der Waals surface area (Å²) in [7, 11) is 0. The molecule has 7 nitrogen and oxygen atoms in total. The highest BCUT2D eigenvalue weighted by atomic mass is 35.5. The molecule has 0 spiro atoms. The standard InChI is InChI=1S/C22H20ClN5O2/c1-14-12-28(22(24)26-14)25-11-16-7-9-17(10-8-16)29-13-20-15(2)30-21(27-20)18-5-3-4-6-19(18)23/h3-12H,13H2,1-2H3,(H2,24,26). The zero-order chi connectivity index (χ0) is 21.1. The first-order chi connectivity index (χ1) is 14.5. The van der Waals surface area contributed by atoms with Crippen LogP contribution >= 0.6 is 11.6 Å². The lowest BCUT2D eigenvalue weighted by Crippen LogP contribution is -1.98. The van der Waals surface area contributed by atoms with Gasteiger partial charge in [0.05, 0.1) is 28.7 Å². The summed E-state index contributed by atoms with van der Waals surface area (Å²) in [5.74, 6) is 2.24. The molecule has 2 heterocycles. The quantitative estimate of drug-likeness (QED) is 0.449. The fourth-order valence-electron chi connectivity index (χ4n) is 2.84. The summed E-state index contributed by atoms with van der Waals surface area (Å²) in [6.07, 6.45) is 3.47. The molecule has 0 radical (unpaired) electrons. The third kappa shape index (κ3) is 4.36. The summed E-state index contributed by atoms with van der Waals surface area (Å²) in [4.78, 5) is 8.64. The van der Waals surface area contributed by atoms with Crippen molar-refractivity contribution in [3.05, 3.63) is 82.5 Å². The number of benzene rings is 2. The fraction of sp³-hybridized carbons (Fsp3) is 0.136. The highest BCUT2D eigenvalue weighted by Gasteiger charge is 2.14. The zero-order valence-electron chi connectivity index (χ0n) is 16.5. The van der Waals surface area contributed by atoms with Gasteiger partial charge in [-0.1, -0.05) is 23.7 Å². The summed E-state index contributed by atoms with van der Waals surface area (Å²) in [6.45, 7) is 4.01. The number of hydrogen-bond acceptors (Lipinski definition) is 6. The van der Waals surface area contributed by atoms with E-state index in [2.05, 4.69) is 15.1 Å². The highest BCUT2D eigenvalue weighted by Crippen LogP contribution is 2.28. The van der Waals surface area contributed by atoms with Crippen molar-refractivity contribution < 1.29 is 9.15 Å². The van der Waals surface area contributed by atoms with E-state index in [-0.39, 0.29) is 6.61 Å². The molecule has 0 aliphatic carbocycles. The number of nitrogens with zero attached hydrogens (tertiary/aromatic N) is 4. The van der Waals surface area contributed by atoms with Gasteiger partial charge in [0.2, 0.25) is 11.8 Å². The van der Waals surface area contributed by atoms with Crippen LogP contribution in [-0.4, -0.2) is 20.9 Å². The molecular weight excluding hydrogens is 402 g/mol. The van der Waals surface area contributed by atoms with Crippen molar-refractivity contribution in [2.45, 2.75) is 20.5 Å². The van der Waals surface area contributed by atoms with Gasteiger partial charge in [0.25, 0.3) is 0 Å². The lowest BCUT2D eigenvalue weighted by atomic mass is 10.2. The topological polar surface area (TPSA) is 91.5 Å². The maximum Gasteiger partial charge on any atom is 0.228 e. The molecule has 2 aromatic heterocycles. The Labute approximate surface area is 178 Å². The Hall–Kier alpha value is -3.58. The van der Waals surface area contributed by atoms with Crippen LogP contribution in [0.3, 0.4) is 0 Å². The van der Waals surface area contributed by atoms with Crippen LogP contribution in [0.1, 0.15) is 22.7 Å². The van der Waals surface area contributed by atoms with Crippen LogP contribution in [0.4, 0.5) is 5.95 Å². The lowest BCUT2D eigenvalue weighted by molar-refractivity contribution is 0.299. The van der Waals surface area contributed by atoms with E-state index < -0.39 is 0 Å². The van der Waals surface area contributed by atoms with Crippen molar-refractivity contribution in [1.82, 2.24) is 14.6 Å². The number of oxazole rings is 1. The highest BCUT2D eigenvalue weighted by molar-refractivity contribution is 6.33. The van der Waals surface area contributed by atoms with Crippen LogP contribution in [0.25, 0.3) is 11.5 Å². The van der Waals surface area contributed by atoms with Crippen molar-refractivity contribution in [1.29, 1.82) is 0 Å². The molecular formula is C22H20ClN5O2. The molecule has 0 aliphatic rings. The molecule has 2 aromatic carbocycles. The summed E-state index contributed by atoms with van der Waals surface area (Å²) in [5, 5.41) is 4.89. The van der Waals surface area contributed by atoms with Gasteiger partial charge in [0.1, 0.15) is 23.8 Å². The molecule has 30 heavy (non-hydrogen) atoms. The van der Waals surface area contributed by atoms with E-state index in [4.69, 9.17) is 26.5 Å². The monoisotopic (exact) mass is 421 g/mol. The van der Waals surface area contributed by atoms with Crippen LogP contribution in [0.2, 0.25) is 5.02 Å². The molecule has 8 heteroatoms. The summed E-state index contributed by atoms with van der Waals surface area (Å²) in [6, 6.07) is 15.0. The number of halogens is 1. The minimum absolute atomic E-state index is 0.290. The van der Waals surface area contributed by atoms with Crippen molar-refractivity contribution in [2.75, 3.05) is 5.73 Å². The van der Waals surface area contributed by atoms with Gasteiger partial charge in [-0.3, -0.25) is 0 Å². The Balaban J connectivity index is 1.41. The Morgan fingerprint density at radius 2 is 1.90 bits per heavy atom. The van der Waals surface area contributed by atoms with E-state index in [0.717, 1.165) is 22.5 Å². The lowest BCUT2D eigenvalue weighted by Gasteiger charge is -2.04. The number of aromatic nitrogens is 3. The molecule has 2 N–H and O–H groups in total. The first kappa shape index (κ1) is 19.7. The maximum absolute atomic E-state index is 6.23. The Morgan fingerprint density at radius 3 is 2.60 bits per heavy atom. The van der Waals surface area contributed by atoms with Crippen molar-refractivity contribution in [3.63, 3.8) is 0 Å². The Bertz CT molecular complexity index is 1190. The molecule has 0 fully saturated rings. The predicted molar refractivity (Wildman–Crippen MR) is 117 cm³/mol. The second-order valence-corrected chi connectivity index (χ2v) is 7.10. The fourth-order valence-corrected chi connectivity index (χ4v) is 3.06. The molecule has 152 valence electrons. The first-order valence-corrected chi connectivity index (χ1v) is 9.67. The normalized spacial score (nSPS) is 11.3. The van der Waals surface area contributed by atoms with Crippen molar-refractivity contribution in [2.24, 2.45) is 5.10 Å². The molecule has 0 amide bonds. The Kier molecular flexibility index (Phi) is 5.54. The number of imidazole rings is 1. The Morgan fingerprint density at radius 1 is 1.13 bits per heavy atom. The third-order valence-corrected chi connectivity index (χ3v) is 4.75. The third-order valence-electron chi connectivity index (χ3n) is 4.42. The molecule has 0 saturated heterocycles. The average molecular weight is 422 g/mol. The largest absolute Gasteiger partial charge is 0.487 e. The maximum atomic E-state index is 6.23. The van der Waals surface area contributed by atoms with Crippen LogP contribution in [0, 0.1) is 13.8 Å². The van der Waals surface area contributed by atoms with Gasteiger partial charge >= 0.3 is 0 Å². The number of aryl methyl sites for hydroxylation is 2. The van der Waals surface area contributed by atoms with Crippen LogP contribution in [0.15, 0.2) is 64.2 Å². The molecule has 4 aromatic rings. The minimum atomic E-state index is 0.290. The number of nitrogen functional groups attached to an aromatic ring is 1. The second kappa shape index (κ2) is 8.42. The molecule has 0 aliphatic heterocycles. The second-order valence-electron chi connectivity index (χ2n) is 6.69. The van der Waals surface area contributed by atoms with E-state index in [1.54, 1.807) is 18.5 Å². The molecule has 4 rings (SSSR count). The molecule has 0 saturated carbocycles. The van der Waals surface area contributed by atoms with E-state index in [1.807, 2.05) is 56.3 Å². The SMILES string of the molecule is Cc1cn(N=Cc2ccc(OCc3nc(-c4ccccc4Cl)oc3C)cc2)c(N)n1. The zero-order valence-corrected chi connectivity index (χ0v) is 17.3. The number of rotatable bonds is 6. The molecule has 0 atom stereocenters. The summed E-state index contributed by atoms with van der Waals surface area (Å²) < 4.78 is 13.2. The smallest absolute Gasteiger partial charge is 0.228 e. The number of anilines is 1. The first-order valence-electron chi connectivity index (χ1n) is 9.29. The van der Waals surface area contributed by atoms with Gasteiger partial charge in [-0.05, 0) is 55.8 Å². The number of ether oxygens (including phenoxy) is 1. The van der Waals surface area contributed by atoms with Crippen LogP contribution < -0.4 is 10.5 Å². The van der Waals surface area contributed by atoms with Gasteiger partial charge in [0.15, 0.2) is 0 Å². The summed E-state index contributed by atoms with van der Waals surface area (Å²) in [5.41, 5.74) is 8.98. The predicted octanol–water partition coefficient (Wildman–Crippen LogP) is 4.85. The van der Waals surface area contributed by atoms with Gasteiger partial charge in [-0.25, -0.2) is 14.6 Å².